The Labute approximate surface area is 92.6 Å². The summed E-state index contributed by atoms with van der Waals surface area (Å²) in [6.07, 6.45) is 2.78. The predicted molar refractivity (Wildman–Crippen MR) is 60.3 cm³/mol. The van der Waals surface area contributed by atoms with Crippen molar-refractivity contribution in [3.63, 3.8) is 0 Å². The normalized spacial score (nSPS) is 15.4. The van der Waals surface area contributed by atoms with Crippen molar-refractivity contribution in [1.82, 2.24) is 4.98 Å². The number of hydrogen-bond donors (Lipinski definition) is 0. The summed E-state index contributed by atoms with van der Waals surface area (Å²) >= 11 is 9.49. The number of hydrogen-bond acceptors (Lipinski definition) is 1. The lowest BCUT2D eigenvalue weighted by atomic mass is 10.0. The minimum absolute atomic E-state index is 0.175. The van der Waals surface area contributed by atoms with Crippen LogP contribution in [0.2, 0.25) is 0 Å². The Hall–Kier alpha value is -0.0800. The first-order chi connectivity index (χ1) is 6.15. The van der Waals surface area contributed by atoms with Crippen LogP contribution in [0.3, 0.4) is 0 Å². The zero-order chi connectivity index (χ0) is 9.84. The van der Waals surface area contributed by atoms with Gasteiger partial charge in [-0.3, -0.25) is 4.98 Å². The molecular formula is C10H13BrClN. The third-order valence-corrected chi connectivity index (χ3v) is 3.30. The van der Waals surface area contributed by atoms with Gasteiger partial charge in [0.1, 0.15) is 0 Å². The minimum Gasteiger partial charge on any atom is -0.260 e. The van der Waals surface area contributed by atoms with Gasteiger partial charge in [0.2, 0.25) is 0 Å². The summed E-state index contributed by atoms with van der Waals surface area (Å²) in [5.74, 6) is 0.319. The Balaban J connectivity index is 2.77. The Morgan fingerprint density at radius 3 is 2.69 bits per heavy atom. The van der Waals surface area contributed by atoms with Crippen LogP contribution in [-0.2, 0) is 0 Å². The molecule has 0 radical (unpaired) electrons. The molecule has 3 heteroatoms. The monoisotopic (exact) mass is 261 g/mol. The fourth-order valence-corrected chi connectivity index (χ4v) is 1.56. The summed E-state index contributed by atoms with van der Waals surface area (Å²) in [7, 11) is 0. The molecule has 0 saturated carbocycles. The second-order valence-electron chi connectivity index (χ2n) is 3.11. The molecule has 0 aliphatic carbocycles. The highest BCUT2D eigenvalue weighted by molar-refractivity contribution is 9.10. The Morgan fingerprint density at radius 1 is 1.54 bits per heavy atom. The van der Waals surface area contributed by atoms with E-state index in [2.05, 4.69) is 34.8 Å². The first kappa shape index (κ1) is 11.0. The predicted octanol–water partition coefficient (Wildman–Crippen LogP) is 3.97. The fourth-order valence-electron chi connectivity index (χ4n) is 1.20. The van der Waals surface area contributed by atoms with E-state index in [0.29, 0.717) is 5.92 Å². The van der Waals surface area contributed by atoms with Gasteiger partial charge in [0.25, 0.3) is 0 Å². The van der Waals surface area contributed by atoms with E-state index in [1.807, 2.05) is 18.3 Å². The SMILES string of the molecule is CCC(Cl)C(C)c1ccc(Br)cn1. The van der Waals surface area contributed by atoms with E-state index in [0.717, 1.165) is 16.6 Å². The number of aromatic nitrogens is 1. The highest BCUT2D eigenvalue weighted by Crippen LogP contribution is 2.24. The second kappa shape index (κ2) is 4.97. The van der Waals surface area contributed by atoms with Crippen LogP contribution in [-0.4, -0.2) is 10.4 Å². The molecule has 0 fully saturated rings. The van der Waals surface area contributed by atoms with Crippen molar-refractivity contribution < 1.29 is 0 Å². The summed E-state index contributed by atoms with van der Waals surface area (Å²) in [5.41, 5.74) is 1.06. The molecule has 1 aromatic rings. The zero-order valence-electron chi connectivity index (χ0n) is 7.80. The van der Waals surface area contributed by atoms with Crippen molar-refractivity contribution in [2.24, 2.45) is 0 Å². The minimum atomic E-state index is 0.175. The molecule has 72 valence electrons. The molecule has 1 aromatic heterocycles. The highest BCUT2D eigenvalue weighted by atomic mass is 79.9. The molecule has 13 heavy (non-hydrogen) atoms. The molecule has 0 aliphatic heterocycles. The van der Waals surface area contributed by atoms with Gasteiger partial charge >= 0.3 is 0 Å². The first-order valence-electron chi connectivity index (χ1n) is 4.40. The van der Waals surface area contributed by atoms with Gasteiger partial charge < -0.3 is 0 Å². The van der Waals surface area contributed by atoms with E-state index < -0.39 is 0 Å². The molecule has 1 heterocycles. The summed E-state index contributed by atoms with van der Waals surface area (Å²) in [6, 6.07) is 4.01. The lowest BCUT2D eigenvalue weighted by Gasteiger charge is -2.15. The topological polar surface area (TPSA) is 12.9 Å². The standard InChI is InChI=1S/C10H13BrClN/c1-3-9(12)7(2)10-5-4-8(11)6-13-10/h4-7,9H,3H2,1-2H3. The van der Waals surface area contributed by atoms with Crippen molar-refractivity contribution in [2.45, 2.75) is 31.6 Å². The van der Waals surface area contributed by atoms with Gasteiger partial charge in [0.05, 0.1) is 0 Å². The van der Waals surface area contributed by atoms with Crippen molar-refractivity contribution in [3.05, 3.63) is 28.5 Å². The molecule has 0 bridgehead atoms. The van der Waals surface area contributed by atoms with E-state index >= 15 is 0 Å². The third-order valence-electron chi connectivity index (χ3n) is 2.15. The molecule has 0 saturated heterocycles. The van der Waals surface area contributed by atoms with E-state index in [-0.39, 0.29) is 5.38 Å². The van der Waals surface area contributed by atoms with Crippen LogP contribution in [0.25, 0.3) is 0 Å². The summed E-state index contributed by atoms with van der Waals surface area (Å²) in [5, 5.41) is 0.175. The zero-order valence-corrected chi connectivity index (χ0v) is 10.1. The molecule has 0 aromatic carbocycles. The summed E-state index contributed by atoms with van der Waals surface area (Å²) in [6.45, 7) is 4.20. The van der Waals surface area contributed by atoms with Gasteiger partial charge in [-0.25, -0.2) is 0 Å². The smallest absolute Gasteiger partial charge is 0.0447 e. The van der Waals surface area contributed by atoms with Gasteiger partial charge in [-0.15, -0.1) is 11.6 Å². The summed E-state index contributed by atoms with van der Waals surface area (Å²) < 4.78 is 1.01. The van der Waals surface area contributed by atoms with Crippen molar-refractivity contribution in [1.29, 1.82) is 0 Å². The van der Waals surface area contributed by atoms with E-state index in [1.165, 1.54) is 0 Å². The van der Waals surface area contributed by atoms with E-state index in [9.17, 15) is 0 Å². The number of nitrogens with zero attached hydrogens (tertiary/aromatic N) is 1. The maximum Gasteiger partial charge on any atom is 0.0447 e. The van der Waals surface area contributed by atoms with Crippen LogP contribution < -0.4 is 0 Å². The van der Waals surface area contributed by atoms with Gasteiger partial charge in [0.15, 0.2) is 0 Å². The van der Waals surface area contributed by atoms with Gasteiger partial charge in [-0.05, 0) is 34.5 Å². The molecule has 0 spiro atoms. The Kier molecular flexibility index (Phi) is 4.20. The lowest BCUT2D eigenvalue weighted by Crippen LogP contribution is -2.09. The fraction of sp³-hybridized carbons (Fsp3) is 0.500. The number of halogens is 2. The maximum atomic E-state index is 6.14. The molecule has 1 rings (SSSR count). The number of alkyl halides is 1. The lowest BCUT2D eigenvalue weighted by molar-refractivity contribution is 0.656. The Morgan fingerprint density at radius 2 is 2.23 bits per heavy atom. The van der Waals surface area contributed by atoms with Crippen LogP contribution >= 0.6 is 27.5 Å². The Bertz CT molecular complexity index is 260. The molecule has 0 aliphatic rings. The van der Waals surface area contributed by atoms with Gasteiger partial charge in [0, 0.05) is 27.7 Å². The van der Waals surface area contributed by atoms with Gasteiger partial charge in [-0.1, -0.05) is 13.8 Å². The number of rotatable bonds is 3. The van der Waals surface area contributed by atoms with Crippen LogP contribution in [0, 0.1) is 0 Å². The van der Waals surface area contributed by atoms with Crippen molar-refractivity contribution in [3.8, 4) is 0 Å². The second-order valence-corrected chi connectivity index (χ2v) is 4.59. The average Bonchev–Trinajstić information content (AvgIpc) is 2.17. The van der Waals surface area contributed by atoms with Crippen LogP contribution in [0.1, 0.15) is 31.9 Å². The molecular weight excluding hydrogens is 249 g/mol. The largest absolute Gasteiger partial charge is 0.260 e. The molecule has 0 amide bonds. The molecule has 2 atom stereocenters. The van der Waals surface area contributed by atoms with Gasteiger partial charge in [-0.2, -0.15) is 0 Å². The molecule has 2 unspecified atom stereocenters. The van der Waals surface area contributed by atoms with Crippen molar-refractivity contribution >= 4 is 27.5 Å². The quantitative estimate of drug-likeness (QED) is 0.751. The van der Waals surface area contributed by atoms with Crippen LogP contribution in [0.4, 0.5) is 0 Å². The highest BCUT2D eigenvalue weighted by Gasteiger charge is 2.15. The third kappa shape index (κ3) is 2.96. The van der Waals surface area contributed by atoms with Crippen LogP contribution in [0.15, 0.2) is 22.8 Å². The first-order valence-corrected chi connectivity index (χ1v) is 5.63. The maximum absolute atomic E-state index is 6.14. The molecule has 1 nitrogen and oxygen atoms in total. The van der Waals surface area contributed by atoms with Crippen molar-refractivity contribution in [2.75, 3.05) is 0 Å². The average molecular weight is 263 g/mol. The number of pyridine rings is 1. The van der Waals surface area contributed by atoms with E-state index in [4.69, 9.17) is 11.6 Å². The molecule has 0 N–H and O–H groups in total. The van der Waals surface area contributed by atoms with Crippen LogP contribution in [0.5, 0.6) is 0 Å². The summed E-state index contributed by atoms with van der Waals surface area (Å²) in [4.78, 5) is 4.32. The van der Waals surface area contributed by atoms with E-state index in [1.54, 1.807) is 0 Å².